The van der Waals surface area contributed by atoms with Gasteiger partial charge in [0.25, 0.3) is 0 Å². The Labute approximate surface area is 127 Å². The number of nitrogens with zero attached hydrogens (tertiary/aromatic N) is 1. The van der Waals surface area contributed by atoms with Gasteiger partial charge in [0.15, 0.2) is 0 Å². The molecule has 110 valence electrons. The topological polar surface area (TPSA) is 15.3 Å². The summed E-state index contributed by atoms with van der Waals surface area (Å²) in [5, 5.41) is 3.51. The minimum Gasteiger partial charge on any atom is -0.385 e. The number of para-hydroxylation sites is 1. The number of hydrogen-bond donors (Lipinski definition) is 1. The summed E-state index contributed by atoms with van der Waals surface area (Å²) in [5.74, 6) is 0.656. The van der Waals surface area contributed by atoms with Crippen LogP contribution in [0, 0.1) is 0 Å². The number of benzene rings is 2. The zero-order valence-electron chi connectivity index (χ0n) is 12.8. The monoisotopic (exact) mass is 280 g/mol. The Balaban J connectivity index is 1.57. The first-order valence-electron chi connectivity index (χ1n) is 7.88. The number of hydrogen-bond acceptors (Lipinski definition) is 2. The third kappa shape index (κ3) is 3.64. The molecule has 0 amide bonds. The predicted octanol–water partition coefficient (Wildman–Crippen LogP) is 3.76. The molecule has 1 heterocycles. The molecule has 0 spiro atoms. The first kappa shape index (κ1) is 14.2. The van der Waals surface area contributed by atoms with E-state index in [0.717, 1.165) is 26.1 Å². The number of likely N-dealkylation sites (N-methyl/N-ethyl adjacent to an activating group) is 1. The van der Waals surface area contributed by atoms with Crippen LogP contribution in [-0.2, 0) is 6.42 Å². The molecule has 2 aromatic rings. The minimum absolute atomic E-state index is 0.656. The molecule has 3 rings (SSSR count). The molecule has 1 atom stereocenters. The molecule has 1 aliphatic heterocycles. The summed E-state index contributed by atoms with van der Waals surface area (Å²) in [5.41, 5.74) is 4.23. The molecule has 0 saturated carbocycles. The average Bonchev–Trinajstić information content (AvgIpc) is 2.54. The van der Waals surface area contributed by atoms with Gasteiger partial charge < -0.3 is 10.2 Å². The Morgan fingerprint density at radius 3 is 2.67 bits per heavy atom. The van der Waals surface area contributed by atoms with E-state index in [1.54, 1.807) is 0 Å². The highest BCUT2D eigenvalue weighted by Crippen LogP contribution is 2.31. The summed E-state index contributed by atoms with van der Waals surface area (Å²) >= 11 is 0. The van der Waals surface area contributed by atoms with Gasteiger partial charge in [-0.15, -0.1) is 0 Å². The van der Waals surface area contributed by atoms with Crippen molar-refractivity contribution in [3.63, 3.8) is 0 Å². The maximum absolute atomic E-state index is 3.51. The Hall–Kier alpha value is -1.80. The van der Waals surface area contributed by atoms with Crippen molar-refractivity contribution in [2.24, 2.45) is 0 Å². The van der Waals surface area contributed by atoms with E-state index in [9.17, 15) is 0 Å². The van der Waals surface area contributed by atoms with Crippen molar-refractivity contribution >= 4 is 5.69 Å². The third-order valence-electron chi connectivity index (χ3n) is 4.37. The molecule has 0 radical (unpaired) electrons. The van der Waals surface area contributed by atoms with Gasteiger partial charge in [0.1, 0.15) is 0 Å². The van der Waals surface area contributed by atoms with Crippen LogP contribution in [0.15, 0.2) is 54.6 Å². The minimum atomic E-state index is 0.656. The van der Waals surface area contributed by atoms with Crippen LogP contribution in [0.2, 0.25) is 0 Å². The van der Waals surface area contributed by atoms with E-state index >= 15 is 0 Å². The Morgan fingerprint density at radius 2 is 1.81 bits per heavy atom. The van der Waals surface area contributed by atoms with Gasteiger partial charge in [-0.1, -0.05) is 48.5 Å². The number of anilines is 1. The lowest BCUT2D eigenvalue weighted by Gasteiger charge is -2.30. The van der Waals surface area contributed by atoms with Crippen LogP contribution in [0.4, 0.5) is 5.69 Å². The van der Waals surface area contributed by atoms with E-state index in [2.05, 4.69) is 71.9 Å². The molecular weight excluding hydrogens is 256 g/mol. The van der Waals surface area contributed by atoms with E-state index in [1.165, 1.54) is 23.2 Å². The summed E-state index contributed by atoms with van der Waals surface area (Å²) in [6, 6.07) is 19.5. The zero-order valence-corrected chi connectivity index (χ0v) is 12.8. The fourth-order valence-electron chi connectivity index (χ4n) is 3.17. The van der Waals surface area contributed by atoms with Gasteiger partial charge in [0.05, 0.1) is 0 Å². The lowest BCUT2D eigenvalue weighted by atomic mass is 9.90. The molecule has 2 nitrogen and oxygen atoms in total. The van der Waals surface area contributed by atoms with Crippen molar-refractivity contribution < 1.29 is 0 Å². The van der Waals surface area contributed by atoms with Crippen LogP contribution in [0.1, 0.15) is 23.5 Å². The summed E-state index contributed by atoms with van der Waals surface area (Å²) < 4.78 is 0. The lowest BCUT2D eigenvalue weighted by molar-refractivity contribution is 0.308. The summed E-state index contributed by atoms with van der Waals surface area (Å²) in [6.07, 6.45) is 2.36. The van der Waals surface area contributed by atoms with E-state index in [4.69, 9.17) is 0 Å². The van der Waals surface area contributed by atoms with Gasteiger partial charge in [0, 0.05) is 31.2 Å². The zero-order chi connectivity index (χ0) is 14.5. The van der Waals surface area contributed by atoms with Crippen LogP contribution < -0.4 is 5.32 Å². The van der Waals surface area contributed by atoms with Gasteiger partial charge in [-0.3, -0.25) is 0 Å². The van der Waals surface area contributed by atoms with Gasteiger partial charge in [-0.2, -0.15) is 0 Å². The van der Waals surface area contributed by atoms with Crippen molar-refractivity contribution in [2.45, 2.75) is 18.8 Å². The van der Waals surface area contributed by atoms with E-state index in [1.807, 2.05) is 0 Å². The average molecular weight is 280 g/mol. The van der Waals surface area contributed by atoms with E-state index in [0.29, 0.717) is 5.92 Å². The van der Waals surface area contributed by atoms with Crippen LogP contribution in [0.5, 0.6) is 0 Å². The Morgan fingerprint density at radius 1 is 1.05 bits per heavy atom. The molecule has 0 fully saturated rings. The molecule has 21 heavy (non-hydrogen) atoms. The van der Waals surface area contributed by atoms with Crippen molar-refractivity contribution in [3.05, 3.63) is 65.7 Å². The maximum Gasteiger partial charge on any atom is 0.0376 e. The molecule has 2 heteroatoms. The summed E-state index contributed by atoms with van der Waals surface area (Å²) in [7, 11) is 2.24. The van der Waals surface area contributed by atoms with E-state index < -0.39 is 0 Å². The highest BCUT2D eigenvalue weighted by atomic mass is 15.1. The molecule has 1 N–H and O–H groups in total. The second kappa shape index (κ2) is 6.77. The van der Waals surface area contributed by atoms with Gasteiger partial charge >= 0.3 is 0 Å². The van der Waals surface area contributed by atoms with Crippen LogP contribution >= 0.6 is 0 Å². The van der Waals surface area contributed by atoms with Crippen molar-refractivity contribution in [1.29, 1.82) is 0 Å². The molecule has 0 aliphatic carbocycles. The fourth-order valence-corrected chi connectivity index (χ4v) is 3.17. The summed E-state index contributed by atoms with van der Waals surface area (Å²) in [6.45, 7) is 3.36. The molecular formula is C19H24N2. The highest BCUT2D eigenvalue weighted by molar-refractivity contribution is 5.54. The second-order valence-corrected chi connectivity index (χ2v) is 6.00. The smallest absolute Gasteiger partial charge is 0.0376 e. The SMILES string of the molecule is CN(CCc1ccccc1)CC1CCNc2ccccc21. The van der Waals surface area contributed by atoms with Crippen molar-refractivity contribution in [3.8, 4) is 0 Å². The fraction of sp³-hybridized carbons (Fsp3) is 0.368. The molecule has 0 bridgehead atoms. The molecule has 2 aromatic carbocycles. The van der Waals surface area contributed by atoms with Crippen molar-refractivity contribution in [1.82, 2.24) is 4.90 Å². The highest BCUT2D eigenvalue weighted by Gasteiger charge is 2.20. The predicted molar refractivity (Wildman–Crippen MR) is 89.9 cm³/mol. The normalized spacial score (nSPS) is 17.3. The number of nitrogens with one attached hydrogen (secondary N) is 1. The number of fused-ring (bicyclic) bond motifs is 1. The van der Waals surface area contributed by atoms with Crippen LogP contribution in [-0.4, -0.2) is 31.6 Å². The first-order valence-corrected chi connectivity index (χ1v) is 7.88. The number of rotatable bonds is 5. The largest absolute Gasteiger partial charge is 0.385 e. The van der Waals surface area contributed by atoms with Gasteiger partial charge in [0.2, 0.25) is 0 Å². The first-order chi connectivity index (χ1) is 10.3. The van der Waals surface area contributed by atoms with Crippen LogP contribution in [0.25, 0.3) is 0 Å². The molecule has 0 saturated heterocycles. The lowest BCUT2D eigenvalue weighted by Crippen LogP contribution is -2.30. The molecule has 0 aromatic heterocycles. The second-order valence-electron chi connectivity index (χ2n) is 6.00. The Kier molecular flexibility index (Phi) is 4.56. The van der Waals surface area contributed by atoms with E-state index in [-0.39, 0.29) is 0 Å². The maximum atomic E-state index is 3.51. The quantitative estimate of drug-likeness (QED) is 0.897. The summed E-state index contributed by atoms with van der Waals surface area (Å²) in [4.78, 5) is 2.47. The van der Waals surface area contributed by atoms with Gasteiger partial charge in [-0.25, -0.2) is 0 Å². The van der Waals surface area contributed by atoms with Crippen LogP contribution in [0.3, 0.4) is 0 Å². The van der Waals surface area contributed by atoms with Crippen molar-refractivity contribution in [2.75, 3.05) is 32.0 Å². The van der Waals surface area contributed by atoms with Gasteiger partial charge in [-0.05, 0) is 37.1 Å². The molecule has 1 aliphatic rings. The Bertz CT molecular complexity index is 565. The third-order valence-corrected chi connectivity index (χ3v) is 4.37. The standard InChI is InChI=1S/C19H24N2/c1-21(14-12-16-7-3-2-4-8-16)15-17-11-13-20-19-10-6-5-9-18(17)19/h2-10,17,20H,11-15H2,1H3. The molecule has 1 unspecified atom stereocenters.